The highest BCUT2D eigenvalue weighted by atomic mass is 19.4. The molecule has 1 saturated heterocycles. The number of aldehydes is 1. The normalized spacial score (nSPS) is 15.8. The van der Waals surface area contributed by atoms with Gasteiger partial charge in [-0.15, -0.1) is 0 Å². The molecule has 0 bridgehead atoms. The number of aromatic amines is 1. The molecule has 55 heavy (non-hydrogen) atoms. The van der Waals surface area contributed by atoms with Crippen LogP contribution in [0.5, 0.6) is 23.1 Å². The monoisotopic (exact) mass is 777 g/mol. The topological polar surface area (TPSA) is 191 Å². The fraction of sp³-hybridized carbons (Fsp3) is 0.436. The summed E-state index contributed by atoms with van der Waals surface area (Å²) in [6.45, 7) is 10.7. The number of aryl methyl sites for hydroxylation is 1. The van der Waals surface area contributed by atoms with E-state index in [0.717, 1.165) is 60.4 Å². The van der Waals surface area contributed by atoms with Gasteiger partial charge in [0.2, 0.25) is 11.4 Å². The molecular weight excluding hydrogens is 723 g/mol. The molecule has 16 heteroatoms. The van der Waals surface area contributed by atoms with Gasteiger partial charge in [0, 0.05) is 12.7 Å². The number of nitrogens with two attached hydrogens (primary N) is 1. The van der Waals surface area contributed by atoms with Crippen molar-refractivity contribution in [2.24, 2.45) is 5.73 Å². The molecule has 0 saturated carbocycles. The van der Waals surface area contributed by atoms with Gasteiger partial charge in [-0.2, -0.15) is 13.2 Å². The zero-order chi connectivity index (χ0) is 41.2. The third-order valence-corrected chi connectivity index (χ3v) is 7.29. The number of hydrogen-bond donors (Lipinski definition) is 5. The zero-order valence-electron chi connectivity index (χ0n) is 32.1. The van der Waals surface area contributed by atoms with E-state index in [1.165, 1.54) is 25.1 Å². The fourth-order valence-electron chi connectivity index (χ4n) is 4.38. The standard InChI is InChI=1S/C19H26N2O2.C6H4F3NO.C6H6N2O2.C6H12O3.C2H6/c1-15-14-16(10-11-20)4-9-19(15)23-18-7-5-17(6-8-18)22-13-3-12-21-2;7-6(8,9)4-2-1-3-5(11)10-4;1-10-6-3-7-5(4-9)2-8-6;1-4-6(8)5(7)2-3-9-4;1-2/h4-9,14,21H,3,10-13,20H2,1-2H3;1-3H,(H,10,11);2-4H,1H3;4-8H,2-3H2,1H3;1-2H3. The molecule has 1 fully saturated rings. The number of carbonyl (C=O) groups is 1. The van der Waals surface area contributed by atoms with Crippen molar-refractivity contribution in [3.05, 3.63) is 106 Å². The average molecular weight is 778 g/mol. The number of ether oxygens (including phenoxy) is 4. The molecule has 3 heterocycles. The van der Waals surface area contributed by atoms with Gasteiger partial charge < -0.3 is 45.2 Å². The molecule has 13 nitrogen and oxygen atoms in total. The van der Waals surface area contributed by atoms with Gasteiger partial charge >= 0.3 is 6.18 Å². The van der Waals surface area contributed by atoms with E-state index in [-0.39, 0.29) is 6.10 Å². The van der Waals surface area contributed by atoms with Gasteiger partial charge in [-0.1, -0.05) is 32.0 Å². The second kappa shape index (κ2) is 26.8. The van der Waals surface area contributed by atoms with Crippen molar-refractivity contribution in [2.45, 2.75) is 71.4 Å². The minimum atomic E-state index is -4.47. The van der Waals surface area contributed by atoms with Crippen molar-refractivity contribution in [2.75, 3.05) is 40.5 Å². The van der Waals surface area contributed by atoms with E-state index in [2.05, 4.69) is 34.3 Å². The highest BCUT2D eigenvalue weighted by Gasteiger charge is 2.31. The third kappa shape index (κ3) is 19.3. The first-order valence-corrected chi connectivity index (χ1v) is 17.7. The van der Waals surface area contributed by atoms with E-state index >= 15 is 0 Å². The number of aromatic nitrogens is 3. The molecule has 2 aromatic carbocycles. The number of halogens is 3. The number of nitrogens with zero attached hydrogens (tertiary/aromatic N) is 2. The number of aliphatic hydroxyl groups excluding tert-OH is 2. The Balaban J connectivity index is 0.000000395. The lowest BCUT2D eigenvalue weighted by atomic mass is 10.0. The van der Waals surface area contributed by atoms with Gasteiger partial charge in [0.05, 0.1) is 38.3 Å². The van der Waals surface area contributed by atoms with Crippen LogP contribution in [0.15, 0.2) is 77.9 Å². The predicted molar refractivity (Wildman–Crippen MR) is 204 cm³/mol. The number of nitrogens with one attached hydrogen (secondary N) is 2. The average Bonchev–Trinajstić information content (AvgIpc) is 3.18. The lowest BCUT2D eigenvalue weighted by Gasteiger charge is -2.29. The molecule has 0 amide bonds. The minimum absolute atomic E-state index is 0.214. The molecule has 0 radical (unpaired) electrons. The summed E-state index contributed by atoms with van der Waals surface area (Å²) in [5, 5.41) is 21.2. The number of benzene rings is 2. The maximum Gasteiger partial charge on any atom is 0.431 e. The lowest BCUT2D eigenvalue weighted by Crippen LogP contribution is -2.42. The Hall–Kier alpha value is -4.87. The lowest BCUT2D eigenvalue weighted by molar-refractivity contribution is -0.141. The second-order valence-electron chi connectivity index (χ2n) is 11.5. The summed E-state index contributed by atoms with van der Waals surface area (Å²) < 4.78 is 56.8. The van der Waals surface area contributed by atoms with Crippen molar-refractivity contribution in [3.8, 4) is 23.1 Å². The molecule has 5 rings (SSSR count). The molecule has 4 aromatic rings. The van der Waals surface area contributed by atoms with E-state index in [9.17, 15) is 22.8 Å². The SMILES string of the molecule is CC.CC1OCCC(O)C1O.CNCCCOc1ccc(Oc2ccc(CCN)cc2C)cc1.COc1cnc(C=O)cn1.O=c1cccc(C(F)(F)F)[nH]1. The van der Waals surface area contributed by atoms with Gasteiger partial charge in [-0.3, -0.25) is 9.59 Å². The van der Waals surface area contributed by atoms with E-state index in [4.69, 9.17) is 34.9 Å². The quantitative estimate of drug-likeness (QED) is 0.0950. The molecule has 3 unspecified atom stereocenters. The van der Waals surface area contributed by atoms with Crippen LogP contribution in [-0.2, 0) is 17.3 Å². The summed E-state index contributed by atoms with van der Waals surface area (Å²) in [4.78, 5) is 29.6. The molecule has 2 aromatic heterocycles. The summed E-state index contributed by atoms with van der Waals surface area (Å²) in [6.07, 6.45) is -0.168. The van der Waals surface area contributed by atoms with Crippen molar-refractivity contribution in [3.63, 3.8) is 0 Å². The van der Waals surface area contributed by atoms with E-state index in [1.807, 2.05) is 51.2 Å². The van der Waals surface area contributed by atoms with Crippen LogP contribution in [0.1, 0.15) is 60.9 Å². The number of methoxy groups -OCH3 is 1. The first-order chi connectivity index (χ1) is 26.3. The van der Waals surface area contributed by atoms with Crippen molar-refractivity contribution >= 4 is 6.29 Å². The summed E-state index contributed by atoms with van der Waals surface area (Å²) in [7, 11) is 3.43. The maximum absolute atomic E-state index is 11.8. The van der Waals surface area contributed by atoms with E-state index < -0.39 is 29.6 Å². The van der Waals surface area contributed by atoms with Crippen LogP contribution >= 0.6 is 0 Å². The summed E-state index contributed by atoms with van der Waals surface area (Å²) >= 11 is 0. The zero-order valence-corrected chi connectivity index (χ0v) is 32.1. The van der Waals surface area contributed by atoms with E-state index in [0.29, 0.717) is 44.0 Å². The van der Waals surface area contributed by atoms with Crippen molar-refractivity contribution in [1.29, 1.82) is 0 Å². The second-order valence-corrected chi connectivity index (χ2v) is 11.5. The number of H-pyrrole nitrogens is 1. The minimum Gasteiger partial charge on any atom is -0.494 e. The van der Waals surface area contributed by atoms with Gasteiger partial charge in [-0.05, 0) is 101 Å². The summed E-state index contributed by atoms with van der Waals surface area (Å²) in [5.41, 5.74) is 6.48. The third-order valence-electron chi connectivity index (χ3n) is 7.29. The maximum atomic E-state index is 11.8. The van der Waals surface area contributed by atoms with Gasteiger partial charge in [0.25, 0.3) is 0 Å². The molecule has 304 valence electrons. The smallest absolute Gasteiger partial charge is 0.431 e. The van der Waals surface area contributed by atoms with Crippen LogP contribution in [0.2, 0.25) is 0 Å². The first-order valence-electron chi connectivity index (χ1n) is 17.7. The highest BCUT2D eigenvalue weighted by molar-refractivity contribution is 5.70. The number of rotatable bonds is 11. The van der Waals surface area contributed by atoms with Gasteiger partial charge in [0.15, 0.2) is 6.29 Å². The van der Waals surface area contributed by atoms with Crippen LogP contribution in [0.4, 0.5) is 13.2 Å². The molecule has 1 aliphatic rings. The van der Waals surface area contributed by atoms with Gasteiger partial charge in [0.1, 0.15) is 34.7 Å². The number of carbonyl (C=O) groups excluding carboxylic acids is 1. The Morgan fingerprint density at radius 3 is 2.24 bits per heavy atom. The van der Waals surface area contributed by atoms with Crippen LogP contribution in [0.25, 0.3) is 0 Å². The Kier molecular flexibility index (Phi) is 23.5. The molecule has 0 spiro atoms. The van der Waals surface area contributed by atoms with E-state index in [1.54, 1.807) is 11.9 Å². The molecule has 1 aliphatic heterocycles. The molecule has 6 N–H and O–H groups in total. The Bertz CT molecular complexity index is 1670. The Morgan fingerprint density at radius 1 is 1.05 bits per heavy atom. The van der Waals surface area contributed by atoms with Gasteiger partial charge in [-0.25, -0.2) is 9.97 Å². The Morgan fingerprint density at radius 2 is 1.75 bits per heavy atom. The number of aliphatic hydroxyl groups is 2. The largest absolute Gasteiger partial charge is 0.494 e. The molecule has 3 atom stereocenters. The Labute approximate surface area is 320 Å². The summed E-state index contributed by atoms with van der Waals surface area (Å²) in [6, 6.07) is 16.8. The predicted octanol–water partition coefficient (Wildman–Crippen LogP) is 5.51. The van der Waals surface area contributed by atoms with Crippen molar-refractivity contribution in [1.82, 2.24) is 20.3 Å². The first kappa shape index (κ1) is 48.1. The molecule has 0 aliphatic carbocycles. The fourth-order valence-corrected chi connectivity index (χ4v) is 4.38. The number of pyridine rings is 1. The van der Waals surface area contributed by atoms with Crippen molar-refractivity contribution < 1.29 is 47.1 Å². The van der Waals surface area contributed by atoms with Crippen LogP contribution in [-0.4, -0.2) is 90.2 Å². The van der Waals surface area contributed by atoms with Crippen LogP contribution < -0.4 is 30.8 Å². The van der Waals surface area contributed by atoms with Crippen LogP contribution in [0, 0.1) is 6.92 Å². The molecular formula is C39H54F3N5O8. The summed E-state index contributed by atoms with van der Waals surface area (Å²) in [5.74, 6) is 2.95. The highest BCUT2D eigenvalue weighted by Crippen LogP contribution is 2.28. The number of alkyl halides is 3. The number of hydrogen-bond acceptors (Lipinski definition) is 12. The van der Waals surface area contributed by atoms with Crippen LogP contribution in [0.3, 0.4) is 0 Å².